The molecule has 0 saturated carbocycles. The molecule has 0 unspecified atom stereocenters. The molecule has 106 valence electrons. The zero-order chi connectivity index (χ0) is 14.8. The molecule has 0 aliphatic carbocycles. The van der Waals surface area contributed by atoms with Crippen LogP contribution >= 0.6 is 11.8 Å². The summed E-state index contributed by atoms with van der Waals surface area (Å²) in [6.45, 7) is 1.87. The number of fused-ring (bicyclic) bond motifs is 1. The van der Waals surface area contributed by atoms with Crippen molar-refractivity contribution < 1.29 is 5.21 Å². The number of nitrogens with zero attached hydrogens (tertiary/aromatic N) is 5. The number of oxime groups is 1. The quantitative estimate of drug-likeness (QED) is 0.219. The summed E-state index contributed by atoms with van der Waals surface area (Å²) in [6, 6.07) is 1.79. The first kappa shape index (κ1) is 13.3. The molecular formula is C12H11N7OS. The van der Waals surface area contributed by atoms with E-state index in [0.29, 0.717) is 21.3 Å². The van der Waals surface area contributed by atoms with Crippen molar-refractivity contribution in [3.05, 3.63) is 36.0 Å². The summed E-state index contributed by atoms with van der Waals surface area (Å²) >= 11 is 1.30. The van der Waals surface area contributed by atoms with E-state index < -0.39 is 0 Å². The average Bonchev–Trinajstić information content (AvgIpc) is 2.96. The van der Waals surface area contributed by atoms with E-state index in [-0.39, 0.29) is 5.84 Å². The minimum atomic E-state index is 0.0120. The van der Waals surface area contributed by atoms with Gasteiger partial charge in [-0.25, -0.2) is 19.9 Å². The average molecular weight is 301 g/mol. The number of imidazole rings is 1. The highest BCUT2D eigenvalue weighted by Gasteiger charge is 2.16. The first-order valence-electron chi connectivity index (χ1n) is 5.96. The fourth-order valence-corrected chi connectivity index (χ4v) is 2.90. The lowest BCUT2D eigenvalue weighted by molar-refractivity contribution is 0.318. The molecule has 0 radical (unpaired) electrons. The largest absolute Gasteiger partial charge is 0.409 e. The number of aryl methyl sites for hydroxylation is 1. The molecule has 3 heterocycles. The van der Waals surface area contributed by atoms with Crippen LogP contribution in [0.25, 0.3) is 11.2 Å². The molecule has 4 N–H and O–H groups in total. The molecule has 0 aliphatic rings. The maximum absolute atomic E-state index is 8.93. The molecule has 0 atom stereocenters. The van der Waals surface area contributed by atoms with Gasteiger partial charge in [0, 0.05) is 6.20 Å². The van der Waals surface area contributed by atoms with Gasteiger partial charge in [0.05, 0.1) is 11.9 Å². The Labute approximate surface area is 123 Å². The van der Waals surface area contributed by atoms with Gasteiger partial charge in [-0.3, -0.25) is 0 Å². The second-order valence-corrected chi connectivity index (χ2v) is 5.15. The first-order valence-corrected chi connectivity index (χ1v) is 6.77. The number of amidine groups is 1. The lowest BCUT2D eigenvalue weighted by Crippen LogP contribution is -2.16. The Hall–Kier alpha value is -2.68. The highest BCUT2D eigenvalue weighted by atomic mass is 32.2. The van der Waals surface area contributed by atoms with Crippen LogP contribution in [0.5, 0.6) is 0 Å². The Morgan fingerprint density at radius 3 is 2.95 bits per heavy atom. The normalized spacial score (nSPS) is 12.0. The monoisotopic (exact) mass is 301 g/mol. The third-order valence-electron chi connectivity index (χ3n) is 2.87. The Morgan fingerprint density at radius 2 is 2.14 bits per heavy atom. The van der Waals surface area contributed by atoms with E-state index in [0.717, 1.165) is 11.1 Å². The second kappa shape index (κ2) is 5.37. The van der Waals surface area contributed by atoms with E-state index >= 15 is 0 Å². The van der Waals surface area contributed by atoms with Gasteiger partial charge in [0.25, 0.3) is 0 Å². The van der Waals surface area contributed by atoms with Gasteiger partial charge in [-0.15, -0.1) is 0 Å². The van der Waals surface area contributed by atoms with Crippen molar-refractivity contribution in [2.75, 3.05) is 0 Å². The molecule has 0 aliphatic heterocycles. The van der Waals surface area contributed by atoms with Gasteiger partial charge in [0.1, 0.15) is 21.9 Å². The molecule has 3 rings (SSSR count). The number of H-pyrrole nitrogens is 1. The predicted octanol–water partition coefficient (Wildman–Crippen LogP) is 1.30. The van der Waals surface area contributed by atoms with Gasteiger partial charge in [0.15, 0.2) is 11.5 Å². The maximum atomic E-state index is 8.93. The van der Waals surface area contributed by atoms with E-state index in [1.54, 1.807) is 18.6 Å². The smallest absolute Gasteiger partial charge is 0.181 e. The SMILES string of the molecule is Cc1ccnc(Sc2ncnc3nc[nH]c23)c1/C(N)=N/O. The number of nitrogens with two attached hydrogens (primary N) is 1. The van der Waals surface area contributed by atoms with Crippen LogP contribution in [-0.2, 0) is 0 Å². The van der Waals surface area contributed by atoms with Crippen LogP contribution in [0.2, 0.25) is 0 Å². The molecule has 3 aromatic heterocycles. The van der Waals surface area contributed by atoms with Crippen molar-refractivity contribution in [2.45, 2.75) is 17.0 Å². The zero-order valence-corrected chi connectivity index (χ0v) is 11.8. The highest BCUT2D eigenvalue weighted by molar-refractivity contribution is 7.99. The topological polar surface area (TPSA) is 126 Å². The molecule has 9 heteroatoms. The van der Waals surface area contributed by atoms with E-state index in [9.17, 15) is 0 Å². The van der Waals surface area contributed by atoms with Crippen LogP contribution in [0.4, 0.5) is 0 Å². The standard InChI is InChI=1S/C12H11N7OS/c1-6-2-3-14-11(7(6)9(13)19-20)21-12-8-10(16-4-15-8)17-5-18-12/h2-5,20H,1H3,(H2,13,19)(H,15,16,17,18). The molecule has 3 aromatic rings. The Bertz CT molecular complexity index is 829. The molecule has 0 amide bonds. The molecule has 8 nitrogen and oxygen atoms in total. The predicted molar refractivity (Wildman–Crippen MR) is 77.3 cm³/mol. The minimum Gasteiger partial charge on any atom is -0.409 e. The van der Waals surface area contributed by atoms with Gasteiger partial charge >= 0.3 is 0 Å². The minimum absolute atomic E-state index is 0.0120. The molecule has 0 bridgehead atoms. The zero-order valence-electron chi connectivity index (χ0n) is 11.0. The van der Waals surface area contributed by atoms with Crippen molar-refractivity contribution in [3.8, 4) is 0 Å². The van der Waals surface area contributed by atoms with E-state index in [2.05, 4.69) is 30.1 Å². The summed E-state index contributed by atoms with van der Waals surface area (Å²) in [5.74, 6) is 0.0120. The first-order chi connectivity index (χ1) is 10.2. The van der Waals surface area contributed by atoms with Crippen LogP contribution in [0.3, 0.4) is 0 Å². The summed E-state index contributed by atoms with van der Waals surface area (Å²) in [4.78, 5) is 19.7. The van der Waals surface area contributed by atoms with Gasteiger partial charge in [-0.1, -0.05) is 5.16 Å². The number of hydrogen-bond donors (Lipinski definition) is 3. The summed E-state index contributed by atoms with van der Waals surface area (Å²) in [5, 5.41) is 13.3. The Morgan fingerprint density at radius 1 is 1.29 bits per heavy atom. The van der Waals surface area contributed by atoms with Gasteiger partial charge in [-0.05, 0) is 30.3 Å². The lowest BCUT2D eigenvalue weighted by Gasteiger charge is -2.09. The van der Waals surface area contributed by atoms with Crippen LogP contribution in [0.15, 0.2) is 40.1 Å². The Balaban J connectivity index is 2.10. The fourth-order valence-electron chi connectivity index (χ4n) is 1.88. The third kappa shape index (κ3) is 2.38. The number of pyridine rings is 1. The molecule has 0 saturated heterocycles. The number of aromatic amines is 1. The molecular weight excluding hydrogens is 290 g/mol. The van der Waals surface area contributed by atoms with Crippen molar-refractivity contribution >= 4 is 28.8 Å². The maximum Gasteiger partial charge on any atom is 0.181 e. The fraction of sp³-hybridized carbons (Fsp3) is 0.0833. The highest BCUT2D eigenvalue weighted by Crippen LogP contribution is 2.31. The van der Waals surface area contributed by atoms with Gasteiger partial charge in [0.2, 0.25) is 0 Å². The lowest BCUT2D eigenvalue weighted by atomic mass is 10.1. The van der Waals surface area contributed by atoms with Crippen molar-refractivity contribution in [1.82, 2.24) is 24.9 Å². The van der Waals surface area contributed by atoms with E-state index in [4.69, 9.17) is 10.9 Å². The van der Waals surface area contributed by atoms with Crippen molar-refractivity contribution in [3.63, 3.8) is 0 Å². The van der Waals surface area contributed by atoms with Crippen molar-refractivity contribution in [1.29, 1.82) is 0 Å². The number of rotatable bonds is 3. The molecule has 0 fully saturated rings. The number of aromatic nitrogens is 5. The van der Waals surface area contributed by atoms with E-state index in [1.165, 1.54) is 18.1 Å². The summed E-state index contributed by atoms with van der Waals surface area (Å²) in [6.07, 6.45) is 4.65. The van der Waals surface area contributed by atoms with Gasteiger partial charge < -0.3 is 15.9 Å². The van der Waals surface area contributed by atoms with Crippen molar-refractivity contribution in [2.24, 2.45) is 10.9 Å². The van der Waals surface area contributed by atoms with Gasteiger partial charge in [-0.2, -0.15) is 0 Å². The van der Waals surface area contributed by atoms with Crippen LogP contribution in [0, 0.1) is 6.92 Å². The second-order valence-electron chi connectivity index (χ2n) is 4.18. The Kier molecular flexibility index (Phi) is 3.40. The summed E-state index contributed by atoms with van der Waals surface area (Å²) in [5.41, 5.74) is 8.47. The molecule has 21 heavy (non-hydrogen) atoms. The van der Waals surface area contributed by atoms with Crippen LogP contribution < -0.4 is 5.73 Å². The van der Waals surface area contributed by atoms with Crippen LogP contribution in [-0.4, -0.2) is 36.0 Å². The number of nitrogens with one attached hydrogen (secondary N) is 1. The summed E-state index contributed by atoms with van der Waals surface area (Å²) < 4.78 is 0. The molecule has 0 aromatic carbocycles. The molecule has 0 spiro atoms. The third-order valence-corrected chi connectivity index (χ3v) is 3.88. The van der Waals surface area contributed by atoms with Crippen LogP contribution in [0.1, 0.15) is 11.1 Å². The summed E-state index contributed by atoms with van der Waals surface area (Å²) in [7, 11) is 0. The van der Waals surface area contributed by atoms with E-state index in [1.807, 2.05) is 6.92 Å². The number of hydrogen-bond acceptors (Lipinski definition) is 7.